The van der Waals surface area contributed by atoms with Crippen molar-refractivity contribution in [1.82, 2.24) is 10.2 Å². The maximum absolute atomic E-state index is 12.7. The second kappa shape index (κ2) is 7.33. The first-order valence-electron chi connectivity index (χ1n) is 10.5. The molecular weight excluding hydrogens is 381 g/mol. The van der Waals surface area contributed by atoms with E-state index in [1.165, 1.54) is 12.1 Å². The number of nitrogens with one attached hydrogen (secondary N) is 1. The van der Waals surface area contributed by atoms with E-state index >= 15 is 0 Å². The van der Waals surface area contributed by atoms with Crippen LogP contribution in [-0.2, 0) is 11.0 Å². The van der Waals surface area contributed by atoms with Crippen molar-refractivity contribution in [1.29, 1.82) is 0 Å². The number of alkyl halides is 3. The van der Waals surface area contributed by atoms with Gasteiger partial charge in [-0.2, -0.15) is 13.2 Å². The van der Waals surface area contributed by atoms with Gasteiger partial charge in [0.1, 0.15) is 0 Å². The zero-order chi connectivity index (χ0) is 20.8. The van der Waals surface area contributed by atoms with Crippen LogP contribution in [0, 0.1) is 11.8 Å². The monoisotopic (exact) mass is 408 g/mol. The Morgan fingerprint density at radius 3 is 2.55 bits per heavy atom. The Morgan fingerprint density at radius 1 is 1.14 bits per heavy atom. The number of rotatable bonds is 2. The molecule has 1 saturated carbocycles. The molecule has 1 spiro atoms. The molecule has 0 unspecified atom stereocenters. The van der Waals surface area contributed by atoms with Gasteiger partial charge in [-0.05, 0) is 74.6 Å². The van der Waals surface area contributed by atoms with Crippen molar-refractivity contribution in [3.05, 3.63) is 35.4 Å². The van der Waals surface area contributed by atoms with Gasteiger partial charge in [0, 0.05) is 30.1 Å². The van der Waals surface area contributed by atoms with E-state index in [2.05, 4.69) is 17.1 Å². The molecule has 4 atom stereocenters. The van der Waals surface area contributed by atoms with Crippen LogP contribution in [0.15, 0.2) is 24.3 Å². The molecule has 0 bridgehead atoms. The summed E-state index contributed by atoms with van der Waals surface area (Å²) in [5, 5.41) is 3.06. The molecule has 1 N–H and O–H groups in total. The van der Waals surface area contributed by atoms with Crippen LogP contribution in [-0.4, -0.2) is 34.8 Å². The minimum Gasteiger partial charge on any atom is -0.349 e. The lowest BCUT2D eigenvalue weighted by Gasteiger charge is -2.52. The topological polar surface area (TPSA) is 49.4 Å². The minimum atomic E-state index is -4.41. The van der Waals surface area contributed by atoms with Crippen molar-refractivity contribution >= 4 is 11.8 Å². The number of benzene rings is 1. The van der Waals surface area contributed by atoms with Gasteiger partial charge in [0.2, 0.25) is 5.91 Å². The molecule has 2 aliphatic heterocycles. The Kier molecular flexibility index (Phi) is 5.11. The number of hydrogen-bond acceptors (Lipinski definition) is 2. The van der Waals surface area contributed by atoms with Gasteiger partial charge in [-0.3, -0.25) is 9.59 Å². The van der Waals surface area contributed by atoms with E-state index in [-0.39, 0.29) is 34.9 Å². The molecule has 0 aromatic heterocycles. The molecule has 0 radical (unpaired) electrons. The highest BCUT2D eigenvalue weighted by Gasteiger charge is 2.55. The maximum atomic E-state index is 12.7. The van der Waals surface area contributed by atoms with Crippen molar-refractivity contribution in [2.75, 3.05) is 6.54 Å². The van der Waals surface area contributed by atoms with Crippen molar-refractivity contribution in [2.24, 2.45) is 11.8 Å². The molecule has 29 heavy (non-hydrogen) atoms. The van der Waals surface area contributed by atoms with Gasteiger partial charge in [-0.25, -0.2) is 0 Å². The van der Waals surface area contributed by atoms with E-state index in [9.17, 15) is 22.8 Å². The smallest absolute Gasteiger partial charge is 0.349 e. The Labute approximate surface area is 168 Å². The highest BCUT2D eigenvalue weighted by atomic mass is 19.4. The minimum absolute atomic E-state index is 0.0314. The lowest BCUT2D eigenvalue weighted by Crippen LogP contribution is -2.59. The predicted molar refractivity (Wildman–Crippen MR) is 102 cm³/mol. The van der Waals surface area contributed by atoms with Crippen LogP contribution < -0.4 is 5.32 Å². The Balaban J connectivity index is 1.48. The molecule has 1 aromatic carbocycles. The summed E-state index contributed by atoms with van der Waals surface area (Å²) >= 11 is 0. The summed E-state index contributed by atoms with van der Waals surface area (Å²) in [7, 11) is 0. The van der Waals surface area contributed by atoms with Crippen LogP contribution >= 0.6 is 0 Å². The van der Waals surface area contributed by atoms with Crippen molar-refractivity contribution < 1.29 is 22.8 Å². The van der Waals surface area contributed by atoms with Crippen LogP contribution in [0.1, 0.15) is 67.8 Å². The molecule has 3 aliphatic rings. The Bertz CT molecular complexity index is 792. The quantitative estimate of drug-likeness (QED) is 0.789. The zero-order valence-electron chi connectivity index (χ0n) is 16.6. The van der Waals surface area contributed by atoms with Crippen LogP contribution in [0.25, 0.3) is 0 Å². The van der Waals surface area contributed by atoms with Gasteiger partial charge < -0.3 is 10.2 Å². The van der Waals surface area contributed by atoms with Crippen molar-refractivity contribution in [3.8, 4) is 0 Å². The fraction of sp³-hybridized carbons (Fsp3) is 0.636. The third-order valence-corrected chi connectivity index (χ3v) is 7.37. The second-order valence-electron chi connectivity index (χ2n) is 8.80. The highest BCUT2D eigenvalue weighted by Crippen LogP contribution is 2.51. The molecule has 7 heteroatoms. The summed E-state index contributed by atoms with van der Waals surface area (Å²) in [5.74, 6) is 0.501. The zero-order valence-corrected chi connectivity index (χ0v) is 16.6. The number of nitrogens with zero attached hydrogens (tertiary/aromatic N) is 1. The lowest BCUT2D eigenvalue weighted by molar-refractivity contribution is -0.138. The normalized spacial score (nSPS) is 32.3. The van der Waals surface area contributed by atoms with E-state index < -0.39 is 11.7 Å². The second-order valence-corrected chi connectivity index (χ2v) is 8.80. The van der Waals surface area contributed by atoms with Crippen LogP contribution in [0.3, 0.4) is 0 Å². The summed E-state index contributed by atoms with van der Waals surface area (Å²) in [4.78, 5) is 27.4. The summed E-state index contributed by atoms with van der Waals surface area (Å²) < 4.78 is 38.2. The van der Waals surface area contributed by atoms with Gasteiger partial charge >= 0.3 is 6.18 Å². The SMILES string of the molecule is C[C@H]1[C@H](NC(=O)c2ccc(C(F)(F)F)cc2)CC[C@@]23CCCN2C(=O)CCC[C@@H]13. The number of amides is 2. The predicted octanol–water partition coefficient (Wildman–Crippen LogP) is 4.40. The molecule has 2 saturated heterocycles. The molecular formula is C22H27F3N2O2. The van der Waals surface area contributed by atoms with E-state index in [1.54, 1.807) is 0 Å². The van der Waals surface area contributed by atoms with Crippen molar-refractivity contribution in [2.45, 2.75) is 69.6 Å². The molecule has 3 fully saturated rings. The number of carbonyl (C=O) groups is 2. The molecule has 158 valence electrons. The van der Waals surface area contributed by atoms with Crippen LogP contribution in [0.5, 0.6) is 0 Å². The van der Waals surface area contributed by atoms with E-state index in [0.29, 0.717) is 12.3 Å². The lowest BCUT2D eigenvalue weighted by atomic mass is 9.63. The first kappa shape index (κ1) is 20.2. The standard InChI is InChI=1S/C22H27F3N2O2/c1-14-17-4-2-5-19(28)27-13-3-11-21(17,27)12-10-18(14)26-20(29)15-6-8-16(9-7-15)22(23,24)25/h6-9,14,17-18H,2-5,10-13H2,1H3,(H,26,29)/t14-,17+,18-,21-/m1/s1. The van der Waals surface area contributed by atoms with E-state index in [0.717, 1.165) is 57.2 Å². The fourth-order valence-electron chi connectivity index (χ4n) is 5.95. The van der Waals surface area contributed by atoms with Crippen LogP contribution in [0.4, 0.5) is 13.2 Å². The Morgan fingerprint density at radius 2 is 1.86 bits per heavy atom. The van der Waals surface area contributed by atoms with E-state index in [1.807, 2.05) is 0 Å². The van der Waals surface area contributed by atoms with Gasteiger partial charge in [-0.15, -0.1) is 0 Å². The number of carbonyl (C=O) groups excluding carboxylic acids is 2. The number of hydrogen-bond donors (Lipinski definition) is 1. The van der Waals surface area contributed by atoms with Gasteiger partial charge in [0.25, 0.3) is 5.91 Å². The van der Waals surface area contributed by atoms with Crippen LogP contribution in [0.2, 0.25) is 0 Å². The van der Waals surface area contributed by atoms with Gasteiger partial charge in [-0.1, -0.05) is 6.92 Å². The van der Waals surface area contributed by atoms with Gasteiger partial charge in [0.05, 0.1) is 5.56 Å². The van der Waals surface area contributed by atoms with E-state index in [4.69, 9.17) is 0 Å². The summed E-state index contributed by atoms with van der Waals surface area (Å²) in [6, 6.07) is 4.33. The molecule has 1 aliphatic carbocycles. The first-order chi connectivity index (χ1) is 13.7. The first-order valence-corrected chi connectivity index (χ1v) is 10.5. The fourth-order valence-corrected chi connectivity index (χ4v) is 5.95. The van der Waals surface area contributed by atoms with Crippen molar-refractivity contribution in [3.63, 3.8) is 0 Å². The molecule has 4 nitrogen and oxygen atoms in total. The Hall–Kier alpha value is -2.05. The number of halogens is 3. The summed E-state index contributed by atoms with van der Waals surface area (Å²) in [5.41, 5.74) is -0.585. The largest absolute Gasteiger partial charge is 0.416 e. The third kappa shape index (κ3) is 3.53. The molecule has 2 amide bonds. The molecule has 2 heterocycles. The maximum Gasteiger partial charge on any atom is 0.416 e. The third-order valence-electron chi connectivity index (χ3n) is 7.37. The summed E-state index contributed by atoms with van der Waals surface area (Å²) in [6.45, 7) is 2.99. The van der Waals surface area contributed by atoms with Gasteiger partial charge in [0.15, 0.2) is 0 Å². The molecule has 4 rings (SSSR count). The summed E-state index contributed by atoms with van der Waals surface area (Å²) in [6.07, 6.45) is 1.80. The average Bonchev–Trinajstić information content (AvgIpc) is 3.04. The highest BCUT2D eigenvalue weighted by molar-refractivity contribution is 5.94. The average molecular weight is 408 g/mol. The molecule has 1 aromatic rings.